The summed E-state index contributed by atoms with van der Waals surface area (Å²) >= 11 is 5.12. The summed E-state index contributed by atoms with van der Waals surface area (Å²) in [6.07, 6.45) is 1.01. The number of esters is 1. The van der Waals surface area contributed by atoms with Crippen LogP contribution in [0, 0.1) is 6.92 Å². The van der Waals surface area contributed by atoms with E-state index in [0.29, 0.717) is 19.4 Å². The minimum absolute atomic E-state index is 0.0839. The minimum Gasteiger partial charge on any atom is -0.466 e. The molecule has 0 aliphatic heterocycles. The molecular weight excluding hydrogens is 290 g/mol. The molecule has 5 heteroatoms. The van der Waals surface area contributed by atoms with Gasteiger partial charge in [-0.3, -0.25) is 4.79 Å². The number of ether oxygens (including phenoxy) is 1. The van der Waals surface area contributed by atoms with Gasteiger partial charge in [-0.05, 0) is 42.3 Å². The van der Waals surface area contributed by atoms with Crippen molar-refractivity contribution in [1.29, 1.82) is 0 Å². The number of hydrogen-bond donors (Lipinski definition) is 1. The summed E-state index contributed by atoms with van der Waals surface area (Å²) in [5.74, 6) is -0.176. The van der Waals surface area contributed by atoms with E-state index in [0.717, 1.165) is 9.35 Å². The maximum Gasteiger partial charge on any atom is 0.305 e. The zero-order valence-corrected chi connectivity index (χ0v) is 11.9. The van der Waals surface area contributed by atoms with Crippen molar-refractivity contribution in [2.75, 3.05) is 6.61 Å². The van der Waals surface area contributed by atoms with Gasteiger partial charge in [0.1, 0.15) is 0 Å². The van der Waals surface area contributed by atoms with Crippen LogP contribution in [0.5, 0.6) is 0 Å². The molecule has 1 aromatic rings. The molecule has 0 spiro atoms. The highest BCUT2D eigenvalue weighted by atomic mass is 79.9. The van der Waals surface area contributed by atoms with E-state index in [1.54, 1.807) is 18.3 Å². The fraction of sp³-hybridized carbons (Fsp3) is 0.545. The highest BCUT2D eigenvalue weighted by molar-refractivity contribution is 9.10. The molecule has 16 heavy (non-hydrogen) atoms. The predicted octanol–water partition coefficient (Wildman–Crippen LogP) is 3.16. The minimum atomic E-state index is -0.176. The van der Waals surface area contributed by atoms with Gasteiger partial charge in [0.15, 0.2) is 0 Å². The van der Waals surface area contributed by atoms with Crippen LogP contribution < -0.4 is 5.73 Å². The third-order valence-electron chi connectivity index (χ3n) is 2.21. The Kier molecular flexibility index (Phi) is 5.44. The average molecular weight is 306 g/mol. The summed E-state index contributed by atoms with van der Waals surface area (Å²) in [6, 6.07) is 1.94. The van der Waals surface area contributed by atoms with Crippen molar-refractivity contribution in [2.24, 2.45) is 5.73 Å². The molecule has 0 saturated carbocycles. The summed E-state index contributed by atoms with van der Waals surface area (Å²) in [6.45, 7) is 4.27. The van der Waals surface area contributed by atoms with E-state index in [9.17, 15) is 4.79 Å². The smallest absolute Gasteiger partial charge is 0.305 e. The largest absolute Gasteiger partial charge is 0.466 e. The number of hydrogen-bond acceptors (Lipinski definition) is 4. The lowest BCUT2D eigenvalue weighted by Crippen LogP contribution is -2.12. The number of carbonyl (C=O) groups is 1. The Bertz CT molecular complexity index is 345. The molecule has 0 radical (unpaired) electrons. The lowest BCUT2D eigenvalue weighted by Gasteiger charge is -2.08. The molecule has 1 heterocycles. The third kappa shape index (κ3) is 3.88. The fourth-order valence-corrected chi connectivity index (χ4v) is 2.91. The third-order valence-corrected chi connectivity index (χ3v) is 4.48. The van der Waals surface area contributed by atoms with E-state index in [4.69, 9.17) is 10.5 Å². The van der Waals surface area contributed by atoms with E-state index in [1.807, 2.05) is 13.0 Å². The van der Waals surface area contributed by atoms with Gasteiger partial charge in [-0.2, -0.15) is 0 Å². The van der Waals surface area contributed by atoms with Gasteiger partial charge < -0.3 is 10.5 Å². The second-order valence-corrected chi connectivity index (χ2v) is 5.65. The Morgan fingerprint density at radius 2 is 2.38 bits per heavy atom. The average Bonchev–Trinajstić information content (AvgIpc) is 2.56. The quantitative estimate of drug-likeness (QED) is 0.850. The lowest BCUT2D eigenvalue weighted by molar-refractivity contribution is -0.143. The summed E-state index contributed by atoms with van der Waals surface area (Å²) in [4.78, 5) is 13.5. The van der Waals surface area contributed by atoms with Gasteiger partial charge in [0.25, 0.3) is 0 Å². The first kappa shape index (κ1) is 13.7. The summed E-state index contributed by atoms with van der Waals surface area (Å²) < 4.78 is 5.94. The van der Waals surface area contributed by atoms with Crippen molar-refractivity contribution >= 4 is 33.2 Å². The number of nitrogens with two attached hydrogens (primary N) is 1. The van der Waals surface area contributed by atoms with E-state index in [-0.39, 0.29) is 12.0 Å². The van der Waals surface area contributed by atoms with Gasteiger partial charge in [0.2, 0.25) is 0 Å². The Morgan fingerprint density at radius 1 is 1.69 bits per heavy atom. The SMILES string of the molecule is CCOC(=O)CCC(N)c1cc(Br)c(C)s1. The fourth-order valence-electron chi connectivity index (χ4n) is 1.31. The van der Waals surface area contributed by atoms with Crippen molar-refractivity contribution in [2.45, 2.75) is 32.7 Å². The van der Waals surface area contributed by atoms with Gasteiger partial charge in [-0.15, -0.1) is 11.3 Å². The molecule has 3 nitrogen and oxygen atoms in total. The summed E-state index contributed by atoms with van der Waals surface area (Å²) in [5.41, 5.74) is 6.00. The Hall–Kier alpha value is -0.390. The van der Waals surface area contributed by atoms with Gasteiger partial charge in [-0.25, -0.2) is 0 Å². The highest BCUT2D eigenvalue weighted by Gasteiger charge is 2.13. The molecule has 1 rings (SSSR count). The molecule has 0 saturated heterocycles. The second kappa shape index (κ2) is 6.37. The van der Waals surface area contributed by atoms with Gasteiger partial charge in [0.05, 0.1) is 6.61 Å². The Labute approximate surface area is 108 Å². The van der Waals surface area contributed by atoms with E-state index >= 15 is 0 Å². The lowest BCUT2D eigenvalue weighted by atomic mass is 10.1. The number of thiophene rings is 1. The number of halogens is 1. The monoisotopic (exact) mass is 305 g/mol. The molecule has 0 fully saturated rings. The molecular formula is C11H16BrNO2S. The van der Waals surface area contributed by atoms with Gasteiger partial charge >= 0.3 is 5.97 Å². The molecule has 2 N–H and O–H groups in total. The molecule has 0 bridgehead atoms. The first-order valence-corrected chi connectivity index (χ1v) is 6.82. The predicted molar refractivity (Wildman–Crippen MR) is 69.6 cm³/mol. The first-order valence-electron chi connectivity index (χ1n) is 5.21. The topological polar surface area (TPSA) is 52.3 Å². The van der Waals surface area contributed by atoms with Crippen LogP contribution in [0.1, 0.15) is 35.6 Å². The molecule has 0 aromatic carbocycles. The van der Waals surface area contributed by atoms with Crippen LogP contribution in [0.4, 0.5) is 0 Å². The maximum atomic E-state index is 11.2. The van der Waals surface area contributed by atoms with Crippen LogP contribution in [0.2, 0.25) is 0 Å². The van der Waals surface area contributed by atoms with Gasteiger partial charge in [-0.1, -0.05) is 0 Å². The van der Waals surface area contributed by atoms with Crippen molar-refractivity contribution in [3.8, 4) is 0 Å². The highest BCUT2D eigenvalue weighted by Crippen LogP contribution is 2.31. The molecule has 0 amide bonds. The molecule has 1 atom stereocenters. The number of rotatable bonds is 5. The zero-order valence-electron chi connectivity index (χ0n) is 9.46. The standard InChI is InChI=1S/C11H16BrNO2S/c1-3-15-11(14)5-4-9(13)10-6-8(12)7(2)16-10/h6,9H,3-5,13H2,1-2H3. The van der Waals surface area contributed by atoms with Crippen LogP contribution in [0.25, 0.3) is 0 Å². The summed E-state index contributed by atoms with van der Waals surface area (Å²) in [5, 5.41) is 0. The van der Waals surface area contributed by atoms with Crippen LogP contribution in [0.15, 0.2) is 10.5 Å². The Morgan fingerprint density at radius 3 is 2.88 bits per heavy atom. The van der Waals surface area contributed by atoms with Crippen LogP contribution >= 0.6 is 27.3 Å². The van der Waals surface area contributed by atoms with Crippen molar-refractivity contribution in [1.82, 2.24) is 0 Å². The molecule has 1 unspecified atom stereocenters. The van der Waals surface area contributed by atoms with E-state index in [1.165, 1.54) is 4.88 Å². The molecule has 1 aromatic heterocycles. The van der Waals surface area contributed by atoms with E-state index < -0.39 is 0 Å². The molecule has 0 aliphatic rings. The maximum absolute atomic E-state index is 11.2. The van der Waals surface area contributed by atoms with Crippen molar-refractivity contribution in [3.05, 3.63) is 20.3 Å². The molecule has 90 valence electrons. The zero-order chi connectivity index (χ0) is 12.1. The summed E-state index contributed by atoms with van der Waals surface area (Å²) in [7, 11) is 0. The van der Waals surface area contributed by atoms with Gasteiger partial charge in [0, 0.05) is 26.7 Å². The van der Waals surface area contributed by atoms with E-state index in [2.05, 4.69) is 15.9 Å². The van der Waals surface area contributed by atoms with Crippen LogP contribution in [0.3, 0.4) is 0 Å². The molecule has 0 aliphatic carbocycles. The van der Waals surface area contributed by atoms with Crippen LogP contribution in [-0.4, -0.2) is 12.6 Å². The second-order valence-electron chi connectivity index (χ2n) is 3.50. The Balaban J connectivity index is 2.46. The number of carbonyl (C=O) groups excluding carboxylic acids is 1. The van der Waals surface area contributed by atoms with Crippen molar-refractivity contribution < 1.29 is 9.53 Å². The first-order chi connectivity index (χ1) is 7.54. The number of aryl methyl sites for hydroxylation is 1. The van der Waals surface area contributed by atoms with Crippen LogP contribution in [-0.2, 0) is 9.53 Å². The normalized spacial score (nSPS) is 12.5. The van der Waals surface area contributed by atoms with Crippen molar-refractivity contribution in [3.63, 3.8) is 0 Å².